The molecule has 6 rings (SSSR count). The normalized spacial score (nSPS) is 17.5. The molecule has 2 fully saturated rings. The summed E-state index contributed by atoms with van der Waals surface area (Å²) in [7, 11) is 2.57. The number of amides is 4. The lowest BCUT2D eigenvalue weighted by Gasteiger charge is -2.30. The third-order valence-corrected chi connectivity index (χ3v) is 11.9. The van der Waals surface area contributed by atoms with Crippen LogP contribution in [-0.2, 0) is 19.1 Å². The van der Waals surface area contributed by atoms with Gasteiger partial charge in [-0.2, -0.15) is 0 Å². The first-order chi connectivity index (χ1) is 27.0. The molecule has 0 spiro atoms. The van der Waals surface area contributed by atoms with Crippen LogP contribution in [0.25, 0.3) is 21.1 Å². The molecule has 6 heterocycles. The Morgan fingerprint density at radius 1 is 0.714 bits per heavy atom. The Hall–Kier alpha value is -5.58. The number of aromatic amines is 2. The third kappa shape index (κ3) is 9.09. The highest BCUT2D eigenvalue weighted by atomic mass is 32.1. The Morgan fingerprint density at radius 2 is 1.12 bits per heavy atom. The molecular weight excluding hydrogens is 753 g/mol. The molecule has 4 amide bonds. The van der Waals surface area contributed by atoms with Crippen molar-refractivity contribution < 1.29 is 28.7 Å². The van der Waals surface area contributed by atoms with Gasteiger partial charge in [0.05, 0.1) is 69.6 Å². The van der Waals surface area contributed by atoms with Gasteiger partial charge in [0.15, 0.2) is 0 Å². The summed E-state index contributed by atoms with van der Waals surface area (Å²) in [5.41, 5.74) is 1.68. The van der Waals surface area contributed by atoms with E-state index >= 15 is 0 Å². The molecule has 0 aliphatic carbocycles. The van der Waals surface area contributed by atoms with E-state index in [9.17, 15) is 19.2 Å². The van der Waals surface area contributed by atoms with E-state index in [0.717, 1.165) is 56.6 Å². The Morgan fingerprint density at radius 3 is 1.50 bits per heavy atom. The minimum absolute atomic E-state index is 0.109. The molecule has 0 radical (unpaired) electrons. The molecule has 4 atom stereocenters. The lowest BCUT2D eigenvalue weighted by atomic mass is 10.0. The van der Waals surface area contributed by atoms with Crippen molar-refractivity contribution in [2.45, 2.75) is 77.5 Å². The zero-order valence-electron chi connectivity index (χ0n) is 32.2. The molecule has 0 bridgehead atoms. The van der Waals surface area contributed by atoms with Gasteiger partial charge in [0, 0.05) is 13.1 Å². The van der Waals surface area contributed by atoms with Gasteiger partial charge in [0.25, 0.3) is 0 Å². The van der Waals surface area contributed by atoms with E-state index in [-0.39, 0.29) is 35.7 Å². The summed E-state index contributed by atoms with van der Waals surface area (Å²) in [5, 5.41) is 5.36. The first kappa shape index (κ1) is 40.1. The zero-order chi connectivity index (χ0) is 39.9. The number of hydrogen-bond donors (Lipinski definition) is 4. The van der Waals surface area contributed by atoms with Gasteiger partial charge in [-0.25, -0.2) is 19.6 Å². The molecule has 56 heavy (non-hydrogen) atoms. The zero-order valence-corrected chi connectivity index (χ0v) is 33.9. The molecule has 0 unspecified atom stereocenters. The van der Waals surface area contributed by atoms with Gasteiger partial charge in [-0.1, -0.05) is 27.7 Å². The lowest BCUT2D eigenvalue weighted by molar-refractivity contribution is -0.136. The molecule has 0 saturated carbocycles. The molecule has 0 aromatic carbocycles. The van der Waals surface area contributed by atoms with Crippen molar-refractivity contribution >= 4 is 46.7 Å². The van der Waals surface area contributed by atoms with E-state index < -0.39 is 24.3 Å². The fraction of sp³-hybridized carbons (Fsp3) is 0.450. The van der Waals surface area contributed by atoms with Crippen LogP contribution in [-0.4, -0.2) is 93.1 Å². The van der Waals surface area contributed by atoms with Gasteiger partial charge in [-0.05, 0) is 85.5 Å². The minimum atomic E-state index is -0.693. The average Bonchev–Trinajstić information content (AvgIpc) is 4.02. The summed E-state index contributed by atoms with van der Waals surface area (Å²) in [6.07, 6.45) is 5.52. The summed E-state index contributed by atoms with van der Waals surface area (Å²) in [6, 6.07) is 6.05. The van der Waals surface area contributed by atoms with E-state index in [1.165, 1.54) is 36.9 Å². The van der Waals surface area contributed by atoms with Gasteiger partial charge in [0.2, 0.25) is 11.8 Å². The number of nitrogens with one attached hydrogen (secondary N) is 4. The summed E-state index contributed by atoms with van der Waals surface area (Å²) in [4.78, 5) is 74.1. The number of aromatic nitrogens is 4. The van der Waals surface area contributed by atoms with Crippen LogP contribution in [0.2, 0.25) is 0 Å². The number of carbonyl (C=O) groups excluding carboxylic acids is 4. The number of hydrogen-bond acceptors (Lipinski definition) is 10. The third-order valence-electron chi connectivity index (χ3n) is 9.85. The summed E-state index contributed by atoms with van der Waals surface area (Å²) < 4.78 is 9.48. The second-order valence-corrected chi connectivity index (χ2v) is 16.5. The van der Waals surface area contributed by atoms with Gasteiger partial charge in [-0.3, -0.25) is 9.59 Å². The number of imidazole rings is 2. The maximum absolute atomic E-state index is 13.5. The van der Waals surface area contributed by atoms with E-state index in [0.29, 0.717) is 24.7 Å². The number of H-pyrrole nitrogens is 2. The maximum atomic E-state index is 13.5. The predicted octanol–water partition coefficient (Wildman–Crippen LogP) is 6.08. The first-order valence-corrected chi connectivity index (χ1v) is 20.2. The largest absolute Gasteiger partial charge is 0.453 e. The topological polar surface area (TPSA) is 175 Å². The quantitative estimate of drug-likeness (QED) is 0.140. The van der Waals surface area contributed by atoms with Crippen LogP contribution in [0.1, 0.15) is 86.9 Å². The number of ether oxygens (including phenoxy) is 2. The van der Waals surface area contributed by atoms with E-state index in [1.54, 1.807) is 22.2 Å². The molecule has 16 heteroatoms. The van der Waals surface area contributed by atoms with Crippen molar-refractivity contribution in [3.63, 3.8) is 0 Å². The van der Waals surface area contributed by atoms with Crippen molar-refractivity contribution in [1.29, 1.82) is 0 Å². The second kappa shape index (κ2) is 17.9. The van der Waals surface area contributed by atoms with Crippen LogP contribution < -0.4 is 10.6 Å². The Kier molecular flexibility index (Phi) is 12.8. The standard InChI is InChI=1S/C40H46N8O6S2/c1-23(2)33(45-39(51)53-5)37(49)47-19-9-13-29(47)35-41-21-27(43-35)31-17-15-25(55-31)11-7-8-12-26-16-18-32(56-26)28-22-42-36(44-28)30-14-10-20-48(30)38(50)34(24(3)4)46-40(52)54-6/h15-18,21-24,29-30,33-34H,9-10,13-14,19-20H2,1-6H3,(H,41,43)(H,42,44)(H,45,51)(H,46,52)/t29-,30-,33-,34-/m0/s1. The Labute approximate surface area is 334 Å². The van der Waals surface area contributed by atoms with Crippen LogP contribution in [0.3, 0.4) is 0 Å². The van der Waals surface area contributed by atoms with Crippen molar-refractivity contribution in [3.8, 4) is 44.8 Å². The van der Waals surface area contributed by atoms with Gasteiger partial charge in [-0.15, -0.1) is 22.7 Å². The Balaban J connectivity index is 1.07. The number of likely N-dealkylation sites (tertiary alicyclic amines) is 2. The monoisotopic (exact) mass is 798 g/mol. The first-order valence-electron chi connectivity index (χ1n) is 18.6. The average molecular weight is 799 g/mol. The van der Waals surface area contributed by atoms with Crippen LogP contribution in [0.4, 0.5) is 9.59 Å². The Bertz CT molecular complexity index is 2030. The number of carbonyl (C=O) groups is 4. The van der Waals surface area contributed by atoms with Gasteiger partial charge < -0.3 is 39.9 Å². The molecule has 4 N–H and O–H groups in total. The fourth-order valence-electron chi connectivity index (χ4n) is 6.93. The smallest absolute Gasteiger partial charge is 0.407 e. The van der Waals surface area contributed by atoms with Crippen molar-refractivity contribution in [1.82, 2.24) is 40.4 Å². The predicted molar refractivity (Wildman–Crippen MR) is 213 cm³/mol. The SMILES string of the molecule is COC(=O)N[C@H](C(=O)N1CCC[C@H]1c1ncc(-c2ccc(C#CC#Cc3ccc(-c4cnc([C@@H]5CCCN5C(=O)[C@@H](NC(=O)OC)C(C)C)[nH]4)s3)s2)[nH]1)C(C)C. The molecule has 2 saturated heterocycles. The summed E-state index contributed by atoms with van der Waals surface area (Å²) in [6.45, 7) is 8.74. The fourth-order valence-corrected chi connectivity index (χ4v) is 8.58. The molecule has 2 aliphatic rings. The number of methoxy groups -OCH3 is 2. The van der Waals surface area contributed by atoms with Gasteiger partial charge >= 0.3 is 12.2 Å². The highest BCUT2D eigenvalue weighted by Crippen LogP contribution is 2.35. The van der Waals surface area contributed by atoms with Crippen molar-refractivity contribution in [2.24, 2.45) is 11.8 Å². The molecule has 4 aromatic rings. The van der Waals surface area contributed by atoms with E-state index in [2.05, 4.69) is 54.3 Å². The van der Waals surface area contributed by atoms with Crippen LogP contribution in [0, 0.1) is 35.5 Å². The molecular formula is C40H46N8O6S2. The van der Waals surface area contributed by atoms with Crippen molar-refractivity contribution in [2.75, 3.05) is 27.3 Å². The van der Waals surface area contributed by atoms with Crippen LogP contribution in [0.5, 0.6) is 0 Å². The van der Waals surface area contributed by atoms with E-state index in [4.69, 9.17) is 9.47 Å². The molecule has 4 aromatic heterocycles. The number of alkyl carbamates (subject to hydrolysis) is 2. The molecule has 294 valence electrons. The minimum Gasteiger partial charge on any atom is -0.453 e. The highest BCUT2D eigenvalue weighted by Gasteiger charge is 2.39. The number of thiophene rings is 2. The maximum Gasteiger partial charge on any atom is 0.407 e. The van der Waals surface area contributed by atoms with E-state index in [1.807, 2.05) is 52.0 Å². The lowest BCUT2D eigenvalue weighted by Crippen LogP contribution is -2.51. The molecule has 2 aliphatic heterocycles. The number of nitrogens with zero attached hydrogens (tertiary/aromatic N) is 4. The molecule has 14 nitrogen and oxygen atoms in total. The summed E-state index contributed by atoms with van der Waals surface area (Å²) >= 11 is 3.05. The second-order valence-electron chi connectivity index (χ2n) is 14.3. The number of rotatable bonds is 10. The van der Waals surface area contributed by atoms with Crippen LogP contribution >= 0.6 is 22.7 Å². The van der Waals surface area contributed by atoms with Gasteiger partial charge in [0.1, 0.15) is 23.7 Å². The highest BCUT2D eigenvalue weighted by molar-refractivity contribution is 7.16. The summed E-state index contributed by atoms with van der Waals surface area (Å²) in [5.74, 6) is 13.1. The van der Waals surface area contributed by atoms with Crippen molar-refractivity contribution in [3.05, 3.63) is 58.1 Å². The van der Waals surface area contributed by atoms with Crippen LogP contribution in [0.15, 0.2) is 36.7 Å².